The summed E-state index contributed by atoms with van der Waals surface area (Å²) in [6.07, 6.45) is 0. The van der Waals surface area contributed by atoms with Crippen LogP contribution in [0.1, 0.15) is 21.5 Å². The lowest BCUT2D eigenvalue weighted by molar-refractivity contribution is -0.385. The number of amides is 1. The first-order chi connectivity index (χ1) is 11.4. The first-order valence-electron chi connectivity index (χ1n) is 7.30. The molecule has 7 nitrogen and oxygen atoms in total. The summed E-state index contributed by atoms with van der Waals surface area (Å²) in [5.74, 6) is 0.0787. The van der Waals surface area contributed by atoms with Crippen LogP contribution in [0.15, 0.2) is 42.5 Å². The lowest BCUT2D eigenvalue weighted by Crippen LogP contribution is -2.19. The zero-order valence-electron chi connectivity index (χ0n) is 13.6. The molecule has 0 radical (unpaired) electrons. The van der Waals surface area contributed by atoms with Gasteiger partial charge in [0.15, 0.2) is 0 Å². The van der Waals surface area contributed by atoms with Crippen LogP contribution in [-0.4, -0.2) is 29.9 Å². The Labute approximate surface area is 139 Å². The molecule has 2 aromatic rings. The van der Waals surface area contributed by atoms with E-state index in [-0.39, 0.29) is 11.3 Å². The molecule has 2 rings (SSSR count). The highest BCUT2D eigenvalue weighted by molar-refractivity contribution is 5.93. The number of benzene rings is 2. The van der Waals surface area contributed by atoms with Gasteiger partial charge in [-0.1, -0.05) is 24.3 Å². The standard InChI is InChI=1S/C17H19N3O4/c1-19(11-14-5-3-4-6-16(14)24-2)10-13-8-7-12(17(18)21)9-15(13)20(22)23/h3-9H,10-11H2,1-2H3,(H2,18,21). The summed E-state index contributed by atoms with van der Waals surface area (Å²) in [5.41, 5.74) is 6.69. The number of hydrogen-bond acceptors (Lipinski definition) is 5. The summed E-state index contributed by atoms with van der Waals surface area (Å²) in [4.78, 5) is 23.9. The molecule has 0 aliphatic rings. The Morgan fingerprint density at radius 1 is 1.21 bits per heavy atom. The zero-order valence-corrected chi connectivity index (χ0v) is 13.6. The summed E-state index contributed by atoms with van der Waals surface area (Å²) in [7, 11) is 3.46. The fourth-order valence-electron chi connectivity index (χ4n) is 2.49. The molecule has 24 heavy (non-hydrogen) atoms. The first-order valence-corrected chi connectivity index (χ1v) is 7.30. The van der Waals surface area contributed by atoms with E-state index >= 15 is 0 Å². The minimum Gasteiger partial charge on any atom is -0.496 e. The van der Waals surface area contributed by atoms with Crippen LogP contribution < -0.4 is 10.5 Å². The molecule has 2 N–H and O–H groups in total. The minimum atomic E-state index is -0.688. The van der Waals surface area contributed by atoms with E-state index in [4.69, 9.17) is 10.5 Å². The molecule has 0 aromatic heterocycles. The predicted octanol–water partition coefficient (Wildman–Crippen LogP) is 2.33. The van der Waals surface area contributed by atoms with Gasteiger partial charge in [0, 0.05) is 35.8 Å². The second-order valence-corrected chi connectivity index (χ2v) is 5.45. The van der Waals surface area contributed by atoms with Crippen LogP contribution in [0.5, 0.6) is 5.75 Å². The summed E-state index contributed by atoms with van der Waals surface area (Å²) in [5, 5.41) is 11.3. The Hall–Kier alpha value is -2.93. The molecule has 2 aromatic carbocycles. The van der Waals surface area contributed by atoms with Gasteiger partial charge in [0.1, 0.15) is 5.75 Å². The Bertz CT molecular complexity index is 761. The molecule has 0 aliphatic carbocycles. The van der Waals surface area contributed by atoms with Gasteiger partial charge in [-0.05, 0) is 19.2 Å². The Morgan fingerprint density at radius 2 is 1.88 bits per heavy atom. The predicted molar refractivity (Wildman–Crippen MR) is 89.8 cm³/mol. The Kier molecular flexibility index (Phi) is 5.49. The number of primary amides is 1. The molecule has 0 unspecified atom stereocenters. The van der Waals surface area contributed by atoms with Crippen LogP contribution in [0.4, 0.5) is 5.69 Å². The van der Waals surface area contributed by atoms with E-state index in [1.807, 2.05) is 36.2 Å². The van der Waals surface area contributed by atoms with Gasteiger partial charge in [0.05, 0.1) is 12.0 Å². The smallest absolute Gasteiger partial charge is 0.274 e. The highest BCUT2D eigenvalue weighted by Gasteiger charge is 2.18. The number of nitrogens with zero attached hydrogens (tertiary/aromatic N) is 2. The highest BCUT2D eigenvalue weighted by atomic mass is 16.6. The van der Waals surface area contributed by atoms with E-state index in [0.29, 0.717) is 18.7 Å². The van der Waals surface area contributed by atoms with Crippen LogP contribution in [0.25, 0.3) is 0 Å². The Morgan fingerprint density at radius 3 is 2.50 bits per heavy atom. The number of methoxy groups -OCH3 is 1. The lowest BCUT2D eigenvalue weighted by Gasteiger charge is -2.18. The third kappa shape index (κ3) is 4.08. The van der Waals surface area contributed by atoms with E-state index < -0.39 is 10.8 Å². The van der Waals surface area contributed by atoms with E-state index in [9.17, 15) is 14.9 Å². The third-order valence-electron chi connectivity index (χ3n) is 3.64. The van der Waals surface area contributed by atoms with Crippen LogP contribution in [-0.2, 0) is 13.1 Å². The van der Waals surface area contributed by atoms with Crippen LogP contribution in [0, 0.1) is 10.1 Å². The van der Waals surface area contributed by atoms with Crippen molar-refractivity contribution in [2.45, 2.75) is 13.1 Å². The molecule has 0 bridgehead atoms. The van der Waals surface area contributed by atoms with Crippen molar-refractivity contribution < 1.29 is 14.5 Å². The van der Waals surface area contributed by atoms with Crippen molar-refractivity contribution in [3.8, 4) is 5.75 Å². The number of nitrogens with two attached hydrogens (primary N) is 1. The van der Waals surface area contributed by atoms with Gasteiger partial charge in [0.2, 0.25) is 5.91 Å². The van der Waals surface area contributed by atoms with Crippen LogP contribution >= 0.6 is 0 Å². The van der Waals surface area contributed by atoms with Crippen molar-refractivity contribution >= 4 is 11.6 Å². The second kappa shape index (κ2) is 7.56. The molecule has 0 fully saturated rings. The summed E-state index contributed by atoms with van der Waals surface area (Å²) >= 11 is 0. The summed E-state index contributed by atoms with van der Waals surface area (Å²) in [6.45, 7) is 0.923. The number of ether oxygens (including phenoxy) is 1. The SMILES string of the molecule is COc1ccccc1CN(C)Cc1ccc(C(N)=O)cc1[N+](=O)[O-]. The number of rotatable bonds is 7. The average molecular weight is 329 g/mol. The molecule has 0 saturated carbocycles. The number of para-hydroxylation sites is 1. The number of hydrogen-bond donors (Lipinski definition) is 1. The quantitative estimate of drug-likeness (QED) is 0.621. The number of carbonyl (C=O) groups excluding carboxylic acids is 1. The van der Waals surface area contributed by atoms with Gasteiger partial charge in [0.25, 0.3) is 5.69 Å². The Balaban J connectivity index is 2.20. The molecular weight excluding hydrogens is 310 g/mol. The number of nitro benzene ring substituents is 1. The number of nitro groups is 1. The monoisotopic (exact) mass is 329 g/mol. The van der Waals surface area contributed by atoms with Gasteiger partial charge in [-0.15, -0.1) is 0 Å². The molecule has 0 spiro atoms. The van der Waals surface area contributed by atoms with Gasteiger partial charge >= 0.3 is 0 Å². The van der Waals surface area contributed by atoms with E-state index in [2.05, 4.69) is 0 Å². The molecule has 0 heterocycles. The molecule has 126 valence electrons. The summed E-state index contributed by atoms with van der Waals surface area (Å²) in [6, 6.07) is 11.9. The summed E-state index contributed by atoms with van der Waals surface area (Å²) < 4.78 is 5.31. The van der Waals surface area contributed by atoms with E-state index in [0.717, 1.165) is 11.3 Å². The topological polar surface area (TPSA) is 98.7 Å². The van der Waals surface area contributed by atoms with Gasteiger partial charge in [-0.2, -0.15) is 0 Å². The van der Waals surface area contributed by atoms with Crippen molar-refractivity contribution in [2.75, 3.05) is 14.2 Å². The first kappa shape index (κ1) is 17.4. The van der Waals surface area contributed by atoms with Gasteiger partial charge in [-0.3, -0.25) is 19.8 Å². The fourth-order valence-corrected chi connectivity index (χ4v) is 2.49. The van der Waals surface area contributed by atoms with Crippen molar-refractivity contribution in [3.05, 3.63) is 69.3 Å². The third-order valence-corrected chi connectivity index (χ3v) is 3.64. The van der Waals surface area contributed by atoms with E-state index in [1.54, 1.807) is 13.2 Å². The van der Waals surface area contributed by atoms with Crippen molar-refractivity contribution in [3.63, 3.8) is 0 Å². The zero-order chi connectivity index (χ0) is 17.7. The molecule has 0 atom stereocenters. The number of carbonyl (C=O) groups is 1. The maximum atomic E-state index is 11.3. The lowest BCUT2D eigenvalue weighted by atomic mass is 10.1. The molecule has 0 aliphatic heterocycles. The average Bonchev–Trinajstić information content (AvgIpc) is 2.55. The maximum absolute atomic E-state index is 11.3. The fraction of sp³-hybridized carbons (Fsp3) is 0.235. The van der Waals surface area contributed by atoms with Gasteiger partial charge in [-0.25, -0.2) is 0 Å². The largest absolute Gasteiger partial charge is 0.496 e. The van der Waals surface area contributed by atoms with Crippen molar-refractivity contribution in [1.82, 2.24) is 4.90 Å². The van der Waals surface area contributed by atoms with Gasteiger partial charge < -0.3 is 10.5 Å². The molecular formula is C17H19N3O4. The normalized spacial score (nSPS) is 10.6. The minimum absolute atomic E-state index is 0.113. The van der Waals surface area contributed by atoms with Crippen LogP contribution in [0.2, 0.25) is 0 Å². The van der Waals surface area contributed by atoms with Crippen molar-refractivity contribution in [2.24, 2.45) is 5.73 Å². The highest BCUT2D eigenvalue weighted by Crippen LogP contribution is 2.24. The van der Waals surface area contributed by atoms with E-state index in [1.165, 1.54) is 12.1 Å². The molecule has 0 saturated heterocycles. The maximum Gasteiger partial charge on any atom is 0.274 e. The second-order valence-electron chi connectivity index (χ2n) is 5.45. The molecule has 1 amide bonds. The molecule has 7 heteroatoms. The van der Waals surface area contributed by atoms with Crippen molar-refractivity contribution in [1.29, 1.82) is 0 Å². The van der Waals surface area contributed by atoms with Crippen LogP contribution in [0.3, 0.4) is 0 Å².